The first-order valence-electron chi connectivity index (χ1n) is 6.66. The van der Waals surface area contributed by atoms with E-state index in [1.54, 1.807) is 25.3 Å². The fourth-order valence-corrected chi connectivity index (χ4v) is 2.33. The van der Waals surface area contributed by atoms with E-state index in [-0.39, 0.29) is 5.91 Å². The van der Waals surface area contributed by atoms with E-state index in [1.807, 2.05) is 0 Å². The summed E-state index contributed by atoms with van der Waals surface area (Å²) in [6.07, 6.45) is 3.40. The Kier molecular flexibility index (Phi) is 6.92. The minimum atomic E-state index is -0.0344. The Morgan fingerprint density at radius 1 is 1.37 bits per heavy atom. The van der Waals surface area contributed by atoms with Gasteiger partial charge in [-0.15, -0.1) is 0 Å². The second-order valence-corrected chi connectivity index (χ2v) is 5.85. The molecule has 0 aliphatic heterocycles. The molecule has 0 saturated heterocycles. The van der Waals surface area contributed by atoms with Crippen LogP contribution in [0, 0.1) is 5.92 Å². The lowest BCUT2D eigenvalue weighted by atomic mass is 10.1. The molecule has 1 N–H and O–H groups in total. The predicted octanol–water partition coefficient (Wildman–Crippen LogP) is 4.01. The Balaban J connectivity index is 2.39. The van der Waals surface area contributed by atoms with Gasteiger partial charge in [-0.2, -0.15) is 0 Å². The van der Waals surface area contributed by atoms with Gasteiger partial charge in [0.25, 0.3) is 5.91 Å². The number of hydrogen-bond acceptors (Lipinski definition) is 2. The van der Waals surface area contributed by atoms with E-state index in [0.29, 0.717) is 5.56 Å². The Bertz CT molecular complexity index is 419. The molecule has 1 aromatic carbocycles. The summed E-state index contributed by atoms with van der Waals surface area (Å²) in [5.41, 5.74) is 0.650. The molecule has 3 nitrogen and oxygen atoms in total. The smallest absolute Gasteiger partial charge is 0.251 e. The maximum absolute atomic E-state index is 11.9. The van der Waals surface area contributed by atoms with Crippen molar-refractivity contribution in [1.29, 1.82) is 0 Å². The zero-order chi connectivity index (χ0) is 14.3. The van der Waals surface area contributed by atoms with E-state index in [4.69, 9.17) is 4.74 Å². The molecular weight excluding hydrogens is 306 g/mol. The van der Waals surface area contributed by atoms with Crippen molar-refractivity contribution in [3.05, 3.63) is 28.2 Å². The molecular formula is C15H22BrNO2. The third-order valence-electron chi connectivity index (χ3n) is 2.91. The Labute approximate surface area is 123 Å². The van der Waals surface area contributed by atoms with Crippen molar-refractivity contribution in [2.75, 3.05) is 13.7 Å². The Hall–Kier alpha value is -1.03. The van der Waals surface area contributed by atoms with Crippen molar-refractivity contribution in [2.24, 2.45) is 5.92 Å². The van der Waals surface area contributed by atoms with Crippen LogP contribution in [0.2, 0.25) is 0 Å². The van der Waals surface area contributed by atoms with Crippen LogP contribution in [0.5, 0.6) is 5.75 Å². The monoisotopic (exact) mass is 327 g/mol. The van der Waals surface area contributed by atoms with Gasteiger partial charge < -0.3 is 10.1 Å². The number of ether oxygens (including phenoxy) is 1. The lowest BCUT2D eigenvalue weighted by Crippen LogP contribution is -2.24. The van der Waals surface area contributed by atoms with Gasteiger partial charge >= 0.3 is 0 Å². The standard InChI is InChI=1S/C15H22BrNO2/c1-11(2)6-4-5-9-17-15(18)12-7-8-14(19-3)13(16)10-12/h7-8,10-11H,4-6,9H2,1-3H3,(H,17,18). The van der Waals surface area contributed by atoms with Gasteiger partial charge in [0, 0.05) is 12.1 Å². The first-order valence-corrected chi connectivity index (χ1v) is 7.45. The van der Waals surface area contributed by atoms with Crippen LogP contribution >= 0.6 is 15.9 Å². The van der Waals surface area contributed by atoms with Crippen molar-refractivity contribution < 1.29 is 9.53 Å². The molecule has 0 aliphatic rings. The minimum Gasteiger partial charge on any atom is -0.496 e. The number of nitrogens with one attached hydrogen (secondary N) is 1. The molecule has 0 saturated carbocycles. The molecule has 0 aliphatic carbocycles. The molecule has 1 aromatic rings. The maximum atomic E-state index is 11.9. The first kappa shape index (κ1) is 16.0. The average Bonchev–Trinajstić information content (AvgIpc) is 2.37. The van der Waals surface area contributed by atoms with E-state index in [9.17, 15) is 4.79 Å². The summed E-state index contributed by atoms with van der Waals surface area (Å²) in [6, 6.07) is 5.34. The third kappa shape index (κ3) is 5.64. The Morgan fingerprint density at radius 2 is 2.11 bits per heavy atom. The molecule has 1 rings (SSSR count). The summed E-state index contributed by atoms with van der Waals surface area (Å²) >= 11 is 3.38. The highest BCUT2D eigenvalue weighted by Gasteiger charge is 2.08. The van der Waals surface area contributed by atoms with Crippen LogP contribution in [0.4, 0.5) is 0 Å². The molecule has 19 heavy (non-hydrogen) atoms. The molecule has 0 unspecified atom stereocenters. The molecule has 106 valence electrons. The highest BCUT2D eigenvalue weighted by atomic mass is 79.9. The number of hydrogen-bond donors (Lipinski definition) is 1. The van der Waals surface area contributed by atoms with E-state index in [0.717, 1.165) is 35.5 Å². The molecule has 0 aromatic heterocycles. The van der Waals surface area contributed by atoms with Crippen LogP contribution in [-0.4, -0.2) is 19.6 Å². The number of carbonyl (C=O) groups excluding carboxylic acids is 1. The van der Waals surface area contributed by atoms with E-state index < -0.39 is 0 Å². The lowest BCUT2D eigenvalue weighted by molar-refractivity contribution is 0.0953. The van der Waals surface area contributed by atoms with Crippen molar-refractivity contribution >= 4 is 21.8 Å². The summed E-state index contributed by atoms with van der Waals surface area (Å²) < 4.78 is 5.93. The number of rotatable bonds is 7. The van der Waals surface area contributed by atoms with Crippen LogP contribution in [0.25, 0.3) is 0 Å². The van der Waals surface area contributed by atoms with Gasteiger partial charge in [0.2, 0.25) is 0 Å². The van der Waals surface area contributed by atoms with Gasteiger partial charge in [-0.1, -0.05) is 26.7 Å². The Morgan fingerprint density at radius 3 is 2.68 bits per heavy atom. The molecule has 4 heteroatoms. The summed E-state index contributed by atoms with van der Waals surface area (Å²) in [5, 5.41) is 2.94. The normalized spacial score (nSPS) is 10.6. The van der Waals surface area contributed by atoms with Gasteiger partial charge in [0.15, 0.2) is 0 Å². The molecule has 0 bridgehead atoms. The molecule has 0 fully saturated rings. The molecule has 1 amide bonds. The predicted molar refractivity (Wildman–Crippen MR) is 81.7 cm³/mol. The van der Waals surface area contributed by atoms with Crippen molar-refractivity contribution in [3.8, 4) is 5.75 Å². The molecule has 0 spiro atoms. The van der Waals surface area contributed by atoms with Crippen molar-refractivity contribution in [3.63, 3.8) is 0 Å². The second kappa shape index (κ2) is 8.20. The highest BCUT2D eigenvalue weighted by molar-refractivity contribution is 9.10. The zero-order valence-electron chi connectivity index (χ0n) is 11.8. The molecule has 0 heterocycles. The quantitative estimate of drug-likeness (QED) is 0.768. The average molecular weight is 328 g/mol. The zero-order valence-corrected chi connectivity index (χ0v) is 13.4. The molecule has 0 radical (unpaired) electrons. The third-order valence-corrected chi connectivity index (χ3v) is 3.53. The number of unbranched alkanes of at least 4 members (excludes halogenated alkanes) is 1. The largest absolute Gasteiger partial charge is 0.496 e. The van der Waals surface area contributed by atoms with Crippen LogP contribution in [-0.2, 0) is 0 Å². The van der Waals surface area contributed by atoms with Crippen LogP contribution in [0.15, 0.2) is 22.7 Å². The lowest BCUT2D eigenvalue weighted by Gasteiger charge is -2.08. The fraction of sp³-hybridized carbons (Fsp3) is 0.533. The highest BCUT2D eigenvalue weighted by Crippen LogP contribution is 2.25. The SMILES string of the molecule is COc1ccc(C(=O)NCCCCC(C)C)cc1Br. The molecule has 0 atom stereocenters. The van der Waals surface area contributed by atoms with Crippen molar-refractivity contribution in [1.82, 2.24) is 5.32 Å². The summed E-state index contributed by atoms with van der Waals surface area (Å²) in [5.74, 6) is 1.43. The first-order chi connectivity index (χ1) is 9.04. The summed E-state index contributed by atoms with van der Waals surface area (Å²) in [4.78, 5) is 11.9. The summed E-state index contributed by atoms with van der Waals surface area (Å²) in [6.45, 7) is 5.16. The number of methoxy groups -OCH3 is 1. The van der Waals surface area contributed by atoms with E-state index in [2.05, 4.69) is 35.1 Å². The van der Waals surface area contributed by atoms with Gasteiger partial charge in [-0.3, -0.25) is 4.79 Å². The van der Waals surface area contributed by atoms with Crippen LogP contribution in [0.3, 0.4) is 0 Å². The van der Waals surface area contributed by atoms with Gasteiger partial charge in [0.1, 0.15) is 5.75 Å². The van der Waals surface area contributed by atoms with Crippen LogP contribution in [0.1, 0.15) is 43.5 Å². The van der Waals surface area contributed by atoms with Gasteiger partial charge in [-0.25, -0.2) is 0 Å². The summed E-state index contributed by atoms with van der Waals surface area (Å²) in [7, 11) is 1.61. The van der Waals surface area contributed by atoms with Crippen molar-refractivity contribution in [2.45, 2.75) is 33.1 Å². The maximum Gasteiger partial charge on any atom is 0.251 e. The topological polar surface area (TPSA) is 38.3 Å². The van der Waals surface area contributed by atoms with E-state index in [1.165, 1.54) is 6.42 Å². The van der Waals surface area contributed by atoms with Crippen LogP contribution < -0.4 is 10.1 Å². The van der Waals surface area contributed by atoms with Gasteiger partial charge in [0.05, 0.1) is 11.6 Å². The number of carbonyl (C=O) groups is 1. The van der Waals surface area contributed by atoms with E-state index >= 15 is 0 Å². The fourth-order valence-electron chi connectivity index (χ4n) is 1.79. The van der Waals surface area contributed by atoms with Gasteiger partial charge in [-0.05, 0) is 46.5 Å². The number of benzene rings is 1. The minimum absolute atomic E-state index is 0.0344. The number of halogens is 1. The second-order valence-electron chi connectivity index (χ2n) is 4.99. The number of amides is 1.